The molecule has 220 valence electrons. The lowest BCUT2D eigenvalue weighted by Gasteiger charge is -2.22. The van der Waals surface area contributed by atoms with Crippen molar-refractivity contribution in [1.82, 2.24) is 15.7 Å². The molecule has 42 heavy (non-hydrogen) atoms. The Morgan fingerprint density at radius 3 is 2.62 bits per heavy atom. The summed E-state index contributed by atoms with van der Waals surface area (Å²) in [6, 6.07) is 20.7. The molecule has 0 spiro atoms. The van der Waals surface area contributed by atoms with Gasteiger partial charge < -0.3 is 19.7 Å². The Labute approximate surface area is 245 Å². The average molecular weight is 572 g/mol. The number of nitrogens with one attached hydrogen (secondary N) is 2. The van der Waals surface area contributed by atoms with Gasteiger partial charge in [0.05, 0.1) is 5.57 Å². The van der Waals surface area contributed by atoms with E-state index in [0.29, 0.717) is 49.4 Å². The van der Waals surface area contributed by atoms with Crippen LogP contribution in [-0.2, 0) is 19.2 Å². The minimum Gasteiger partial charge on any atom is -0.488 e. The summed E-state index contributed by atoms with van der Waals surface area (Å²) in [6.45, 7) is 2.54. The standard InChI is InChI=1S/C33H37N3O6/c37-30-12-6-19-36(30)20-7-18-34-32(38)27(23-41-29-11-5-9-25-8-1-2-10-28(25)29)22-24-14-16-26(17-15-24)33(39)35-42-31-13-3-4-21-40-31/h1-2,5,8-11,14-17,22,31H,3-4,6-7,12-13,18-21,23H2,(H,34,38)(H,35,39). The van der Waals surface area contributed by atoms with Crippen LogP contribution in [0.15, 0.2) is 72.3 Å². The van der Waals surface area contributed by atoms with Gasteiger partial charge in [0.25, 0.3) is 11.8 Å². The monoisotopic (exact) mass is 571 g/mol. The number of hydrogen-bond donors (Lipinski definition) is 2. The molecule has 0 aromatic heterocycles. The van der Waals surface area contributed by atoms with E-state index in [-0.39, 0.29) is 24.3 Å². The molecule has 0 bridgehead atoms. The van der Waals surface area contributed by atoms with E-state index in [0.717, 1.165) is 48.6 Å². The number of hydroxylamine groups is 1. The number of carbonyl (C=O) groups excluding carboxylic acids is 3. The van der Waals surface area contributed by atoms with E-state index in [9.17, 15) is 14.4 Å². The van der Waals surface area contributed by atoms with E-state index in [4.69, 9.17) is 14.3 Å². The molecule has 1 unspecified atom stereocenters. The molecule has 2 aliphatic rings. The first kappa shape index (κ1) is 29.3. The summed E-state index contributed by atoms with van der Waals surface area (Å²) in [7, 11) is 0. The van der Waals surface area contributed by atoms with Gasteiger partial charge >= 0.3 is 0 Å². The van der Waals surface area contributed by atoms with Gasteiger partial charge in [0.1, 0.15) is 12.4 Å². The second kappa shape index (κ2) is 14.6. The Hall–Kier alpha value is -4.21. The molecular formula is C33H37N3O6. The maximum absolute atomic E-state index is 13.3. The van der Waals surface area contributed by atoms with Crippen LogP contribution in [0.5, 0.6) is 5.75 Å². The van der Waals surface area contributed by atoms with E-state index in [1.807, 2.05) is 47.4 Å². The third-order valence-corrected chi connectivity index (χ3v) is 7.42. The van der Waals surface area contributed by atoms with Crippen LogP contribution < -0.4 is 15.5 Å². The van der Waals surface area contributed by atoms with E-state index in [1.165, 1.54) is 0 Å². The average Bonchev–Trinajstić information content (AvgIpc) is 3.45. The molecule has 2 saturated heterocycles. The smallest absolute Gasteiger partial charge is 0.274 e. The number of likely N-dealkylation sites (tertiary alicyclic amines) is 1. The second-order valence-corrected chi connectivity index (χ2v) is 10.5. The molecule has 3 amide bonds. The fourth-order valence-electron chi connectivity index (χ4n) is 5.09. The van der Waals surface area contributed by atoms with Crippen molar-refractivity contribution in [3.63, 3.8) is 0 Å². The molecule has 1 atom stereocenters. The molecule has 9 heteroatoms. The topological polar surface area (TPSA) is 106 Å². The van der Waals surface area contributed by atoms with Crippen LogP contribution in [0.4, 0.5) is 0 Å². The molecule has 3 aromatic carbocycles. The van der Waals surface area contributed by atoms with Gasteiger partial charge in [0.2, 0.25) is 5.91 Å². The molecule has 0 saturated carbocycles. The highest BCUT2D eigenvalue weighted by molar-refractivity contribution is 5.99. The third-order valence-electron chi connectivity index (χ3n) is 7.42. The molecule has 2 fully saturated rings. The first-order chi connectivity index (χ1) is 20.6. The van der Waals surface area contributed by atoms with Gasteiger partial charge in [-0.2, -0.15) is 0 Å². The van der Waals surface area contributed by atoms with Gasteiger partial charge in [-0.05, 0) is 60.9 Å². The van der Waals surface area contributed by atoms with Gasteiger partial charge in [-0.25, -0.2) is 10.3 Å². The van der Waals surface area contributed by atoms with Crippen molar-refractivity contribution in [2.45, 2.75) is 44.8 Å². The molecule has 0 radical (unpaired) electrons. The van der Waals surface area contributed by atoms with Gasteiger partial charge in [-0.3, -0.25) is 14.4 Å². The number of carbonyl (C=O) groups is 3. The Morgan fingerprint density at radius 2 is 1.83 bits per heavy atom. The summed E-state index contributed by atoms with van der Waals surface area (Å²) < 4.78 is 11.6. The van der Waals surface area contributed by atoms with Crippen molar-refractivity contribution >= 4 is 34.6 Å². The second-order valence-electron chi connectivity index (χ2n) is 10.5. The number of hydrogen-bond acceptors (Lipinski definition) is 6. The van der Waals surface area contributed by atoms with Crippen molar-refractivity contribution < 1.29 is 28.7 Å². The quantitative estimate of drug-likeness (QED) is 0.187. The number of fused-ring (bicyclic) bond motifs is 1. The number of amides is 3. The van der Waals surface area contributed by atoms with Crippen molar-refractivity contribution in [3.8, 4) is 5.75 Å². The van der Waals surface area contributed by atoms with Crippen LogP contribution in [0.1, 0.15) is 54.4 Å². The molecule has 5 rings (SSSR count). The summed E-state index contributed by atoms with van der Waals surface area (Å²) in [4.78, 5) is 44.9. The van der Waals surface area contributed by atoms with Crippen molar-refractivity contribution in [2.24, 2.45) is 0 Å². The Bertz CT molecular complexity index is 1410. The minimum atomic E-state index is -0.427. The lowest BCUT2D eigenvalue weighted by Crippen LogP contribution is -2.33. The van der Waals surface area contributed by atoms with Crippen molar-refractivity contribution in [2.75, 3.05) is 32.8 Å². The van der Waals surface area contributed by atoms with Crippen LogP contribution in [0.25, 0.3) is 16.8 Å². The molecule has 0 aliphatic carbocycles. The zero-order chi connectivity index (χ0) is 29.1. The largest absolute Gasteiger partial charge is 0.488 e. The van der Waals surface area contributed by atoms with Gasteiger partial charge in [-0.15, -0.1) is 0 Å². The van der Waals surface area contributed by atoms with E-state index in [2.05, 4.69) is 10.8 Å². The van der Waals surface area contributed by atoms with Crippen molar-refractivity contribution in [3.05, 3.63) is 83.4 Å². The van der Waals surface area contributed by atoms with Crippen LogP contribution in [0.3, 0.4) is 0 Å². The highest BCUT2D eigenvalue weighted by Gasteiger charge is 2.20. The maximum Gasteiger partial charge on any atom is 0.274 e. The first-order valence-electron chi connectivity index (χ1n) is 14.6. The van der Waals surface area contributed by atoms with Gasteiger partial charge in [0, 0.05) is 50.0 Å². The Morgan fingerprint density at radius 1 is 1.00 bits per heavy atom. The number of rotatable bonds is 12. The Kier molecular flexibility index (Phi) is 10.2. The fourth-order valence-corrected chi connectivity index (χ4v) is 5.09. The Balaban J connectivity index is 1.24. The fraction of sp³-hybridized carbons (Fsp3) is 0.364. The zero-order valence-electron chi connectivity index (χ0n) is 23.7. The summed E-state index contributed by atoms with van der Waals surface area (Å²) >= 11 is 0. The van der Waals surface area contributed by atoms with Gasteiger partial charge in [-0.1, -0.05) is 48.5 Å². The van der Waals surface area contributed by atoms with E-state index >= 15 is 0 Å². The summed E-state index contributed by atoms with van der Waals surface area (Å²) in [5.74, 6) is 0.254. The van der Waals surface area contributed by atoms with Crippen LogP contribution >= 0.6 is 0 Å². The third kappa shape index (κ3) is 7.96. The predicted molar refractivity (Wildman–Crippen MR) is 159 cm³/mol. The SMILES string of the molecule is O=C(NCCCN1CCCC1=O)C(=Cc1ccc(C(=O)NOC2CCCCO2)cc1)COc1cccc2ccccc12. The van der Waals surface area contributed by atoms with Crippen LogP contribution in [0.2, 0.25) is 0 Å². The lowest BCUT2D eigenvalue weighted by molar-refractivity contribution is -0.186. The predicted octanol–water partition coefficient (Wildman–Crippen LogP) is 4.62. The highest BCUT2D eigenvalue weighted by atomic mass is 16.8. The van der Waals surface area contributed by atoms with Gasteiger partial charge in [0.15, 0.2) is 6.29 Å². The van der Waals surface area contributed by atoms with Crippen molar-refractivity contribution in [1.29, 1.82) is 0 Å². The number of nitrogens with zero attached hydrogens (tertiary/aromatic N) is 1. The normalized spacial score (nSPS) is 17.3. The summed E-state index contributed by atoms with van der Waals surface area (Å²) in [6.07, 6.45) is 6.25. The zero-order valence-corrected chi connectivity index (χ0v) is 23.7. The van der Waals surface area contributed by atoms with Crippen LogP contribution in [-0.4, -0.2) is 61.8 Å². The maximum atomic E-state index is 13.3. The molecule has 2 N–H and O–H groups in total. The van der Waals surface area contributed by atoms with E-state index < -0.39 is 6.29 Å². The molecule has 2 heterocycles. The number of ether oxygens (including phenoxy) is 2. The molecule has 2 aliphatic heterocycles. The lowest BCUT2D eigenvalue weighted by atomic mass is 10.1. The van der Waals surface area contributed by atoms with E-state index in [1.54, 1.807) is 30.3 Å². The highest BCUT2D eigenvalue weighted by Crippen LogP contribution is 2.26. The van der Waals surface area contributed by atoms with Crippen LogP contribution in [0, 0.1) is 0 Å². The molecule has 3 aromatic rings. The molecule has 9 nitrogen and oxygen atoms in total. The summed E-state index contributed by atoms with van der Waals surface area (Å²) in [5.41, 5.74) is 4.08. The first-order valence-corrected chi connectivity index (χ1v) is 14.6. The summed E-state index contributed by atoms with van der Waals surface area (Å²) in [5, 5.41) is 4.99. The number of benzene rings is 3. The minimum absolute atomic E-state index is 0.0575. The molecular weight excluding hydrogens is 534 g/mol.